The number of hydrogen-bond acceptors (Lipinski definition) is 5. The van der Waals surface area contributed by atoms with Gasteiger partial charge in [-0.1, -0.05) is 13.8 Å². The smallest absolute Gasteiger partial charge is 0.320 e. The number of nitrogens with one attached hydrogen (secondary N) is 1. The molecule has 6 heteroatoms. The van der Waals surface area contributed by atoms with Crippen LogP contribution < -0.4 is 14.8 Å². The zero-order valence-corrected chi connectivity index (χ0v) is 10.8. The third-order valence-electron chi connectivity index (χ3n) is 3.02. The maximum absolute atomic E-state index is 11.1. The molecule has 0 amide bonds. The summed E-state index contributed by atoms with van der Waals surface area (Å²) < 4.78 is 10.4. The molecule has 0 bridgehead atoms. The van der Waals surface area contributed by atoms with E-state index < -0.39 is 12.0 Å². The fourth-order valence-corrected chi connectivity index (χ4v) is 1.94. The summed E-state index contributed by atoms with van der Waals surface area (Å²) in [4.78, 5) is 11.1. The summed E-state index contributed by atoms with van der Waals surface area (Å²) in [6.07, 6.45) is 0. The van der Waals surface area contributed by atoms with Crippen LogP contribution in [-0.4, -0.2) is 29.0 Å². The van der Waals surface area contributed by atoms with E-state index >= 15 is 0 Å². The molecule has 2 rings (SSSR count). The van der Waals surface area contributed by atoms with Gasteiger partial charge in [-0.05, 0) is 12.0 Å². The molecule has 0 saturated heterocycles. The first-order chi connectivity index (χ1) is 8.99. The summed E-state index contributed by atoms with van der Waals surface area (Å²) in [5, 5.41) is 21.8. The zero-order chi connectivity index (χ0) is 14.0. The molecule has 0 spiro atoms. The number of benzene rings is 1. The molecular formula is C13H17NO5. The highest BCUT2D eigenvalue weighted by atomic mass is 16.7. The van der Waals surface area contributed by atoms with Gasteiger partial charge in [0.1, 0.15) is 11.8 Å². The Kier molecular flexibility index (Phi) is 3.80. The van der Waals surface area contributed by atoms with E-state index in [4.69, 9.17) is 14.6 Å². The average Bonchev–Trinajstić information content (AvgIpc) is 2.75. The lowest BCUT2D eigenvalue weighted by atomic mass is 10.0. The number of ether oxygens (including phenoxy) is 2. The summed E-state index contributed by atoms with van der Waals surface area (Å²) in [5.41, 5.74) is 0.580. The molecule has 1 heterocycles. The Morgan fingerprint density at radius 1 is 1.37 bits per heavy atom. The molecule has 1 aromatic carbocycles. The van der Waals surface area contributed by atoms with Crippen molar-refractivity contribution in [3.05, 3.63) is 17.7 Å². The molecule has 0 radical (unpaired) electrons. The van der Waals surface area contributed by atoms with E-state index in [1.54, 1.807) is 6.07 Å². The Bertz CT molecular complexity index is 486. The van der Waals surface area contributed by atoms with Crippen LogP contribution in [0.2, 0.25) is 0 Å². The number of carboxylic acid groups (broad SMARTS) is 1. The molecule has 0 saturated carbocycles. The fraction of sp³-hybridized carbons (Fsp3) is 0.462. The van der Waals surface area contributed by atoms with Crippen LogP contribution in [0.1, 0.15) is 19.4 Å². The Morgan fingerprint density at radius 2 is 2.00 bits per heavy atom. The van der Waals surface area contributed by atoms with E-state index in [0.29, 0.717) is 17.1 Å². The lowest BCUT2D eigenvalue weighted by molar-refractivity contribution is -0.140. The van der Waals surface area contributed by atoms with Crippen molar-refractivity contribution in [1.29, 1.82) is 0 Å². The first-order valence-electron chi connectivity index (χ1n) is 6.06. The highest BCUT2D eigenvalue weighted by molar-refractivity contribution is 5.73. The number of phenols is 1. The standard InChI is InChI=1S/C13H17NO5/c1-7(2)12(13(16)17)14-5-8-3-10-11(4-9(8)15)19-6-18-10/h3-4,7,12,14-15H,5-6H2,1-2H3,(H,16,17). The first kappa shape index (κ1) is 13.5. The number of hydrogen-bond donors (Lipinski definition) is 3. The third-order valence-corrected chi connectivity index (χ3v) is 3.02. The molecule has 1 atom stereocenters. The van der Waals surface area contributed by atoms with Crippen LogP contribution in [0.5, 0.6) is 17.2 Å². The molecular weight excluding hydrogens is 250 g/mol. The van der Waals surface area contributed by atoms with E-state index in [-0.39, 0.29) is 25.0 Å². The SMILES string of the molecule is CC(C)C(NCc1cc2c(cc1O)OCO2)C(=O)O. The van der Waals surface area contributed by atoms with Crippen molar-refractivity contribution in [1.82, 2.24) is 5.32 Å². The van der Waals surface area contributed by atoms with E-state index in [9.17, 15) is 9.90 Å². The molecule has 1 aliphatic rings. The van der Waals surface area contributed by atoms with Crippen molar-refractivity contribution < 1.29 is 24.5 Å². The number of phenolic OH excluding ortho intramolecular Hbond substituents is 1. The van der Waals surface area contributed by atoms with Crippen LogP contribution in [0.3, 0.4) is 0 Å². The molecule has 1 aromatic rings. The second-order valence-electron chi connectivity index (χ2n) is 4.78. The van der Waals surface area contributed by atoms with Crippen molar-refractivity contribution >= 4 is 5.97 Å². The molecule has 0 fully saturated rings. The molecule has 6 nitrogen and oxygen atoms in total. The zero-order valence-electron chi connectivity index (χ0n) is 10.8. The van der Waals surface area contributed by atoms with Gasteiger partial charge in [-0.3, -0.25) is 10.1 Å². The first-order valence-corrected chi connectivity index (χ1v) is 6.06. The maximum atomic E-state index is 11.1. The topological polar surface area (TPSA) is 88.0 Å². The van der Waals surface area contributed by atoms with Crippen LogP contribution in [0, 0.1) is 5.92 Å². The Morgan fingerprint density at radius 3 is 2.58 bits per heavy atom. The molecule has 3 N–H and O–H groups in total. The van der Waals surface area contributed by atoms with Crippen molar-refractivity contribution in [3.63, 3.8) is 0 Å². The van der Waals surface area contributed by atoms with Gasteiger partial charge in [0.15, 0.2) is 11.5 Å². The molecule has 1 unspecified atom stereocenters. The van der Waals surface area contributed by atoms with Gasteiger partial charge in [-0.2, -0.15) is 0 Å². The summed E-state index contributed by atoms with van der Waals surface area (Å²) >= 11 is 0. The maximum Gasteiger partial charge on any atom is 0.320 e. The van der Waals surface area contributed by atoms with Gasteiger partial charge in [-0.15, -0.1) is 0 Å². The Balaban J connectivity index is 2.09. The number of rotatable bonds is 5. The van der Waals surface area contributed by atoms with Crippen LogP contribution in [-0.2, 0) is 11.3 Å². The summed E-state index contributed by atoms with van der Waals surface area (Å²) in [5.74, 6) is 0.166. The summed E-state index contributed by atoms with van der Waals surface area (Å²) in [6.45, 7) is 4.03. The van der Waals surface area contributed by atoms with Gasteiger partial charge >= 0.3 is 5.97 Å². The number of fused-ring (bicyclic) bond motifs is 1. The fourth-order valence-electron chi connectivity index (χ4n) is 1.94. The van der Waals surface area contributed by atoms with E-state index in [2.05, 4.69) is 5.32 Å². The molecule has 104 valence electrons. The quantitative estimate of drug-likeness (QED) is 0.745. The van der Waals surface area contributed by atoms with Gasteiger partial charge < -0.3 is 19.7 Å². The predicted octanol–water partition coefficient (Wildman–Crippen LogP) is 1.32. The van der Waals surface area contributed by atoms with Gasteiger partial charge in [0.25, 0.3) is 0 Å². The van der Waals surface area contributed by atoms with Crippen LogP contribution in [0.15, 0.2) is 12.1 Å². The largest absolute Gasteiger partial charge is 0.507 e. The minimum absolute atomic E-state index is 0.0475. The van der Waals surface area contributed by atoms with Gasteiger partial charge in [0.2, 0.25) is 6.79 Å². The second-order valence-corrected chi connectivity index (χ2v) is 4.78. The van der Waals surface area contributed by atoms with E-state index in [1.807, 2.05) is 13.8 Å². The van der Waals surface area contributed by atoms with Gasteiger partial charge in [-0.25, -0.2) is 0 Å². The average molecular weight is 267 g/mol. The minimum Gasteiger partial charge on any atom is -0.507 e. The van der Waals surface area contributed by atoms with Crippen molar-refractivity contribution in [3.8, 4) is 17.2 Å². The number of aromatic hydroxyl groups is 1. The summed E-state index contributed by atoms with van der Waals surface area (Å²) in [7, 11) is 0. The lowest BCUT2D eigenvalue weighted by Gasteiger charge is -2.18. The van der Waals surface area contributed by atoms with E-state index in [0.717, 1.165) is 0 Å². The van der Waals surface area contributed by atoms with Crippen molar-refractivity contribution in [2.24, 2.45) is 5.92 Å². The number of carbonyl (C=O) groups is 1. The van der Waals surface area contributed by atoms with Crippen LogP contribution in [0.4, 0.5) is 0 Å². The van der Waals surface area contributed by atoms with E-state index in [1.165, 1.54) is 6.07 Å². The molecule has 0 aliphatic carbocycles. The lowest BCUT2D eigenvalue weighted by Crippen LogP contribution is -2.40. The Labute approximate surface area is 111 Å². The molecule has 1 aliphatic heterocycles. The highest BCUT2D eigenvalue weighted by Crippen LogP contribution is 2.37. The highest BCUT2D eigenvalue weighted by Gasteiger charge is 2.22. The predicted molar refractivity (Wildman–Crippen MR) is 67.3 cm³/mol. The molecule has 0 aromatic heterocycles. The number of carboxylic acids is 1. The van der Waals surface area contributed by atoms with Crippen LogP contribution in [0.25, 0.3) is 0 Å². The summed E-state index contributed by atoms with van der Waals surface area (Å²) in [6, 6.07) is 2.47. The number of aliphatic carboxylic acids is 1. The van der Waals surface area contributed by atoms with Crippen molar-refractivity contribution in [2.45, 2.75) is 26.4 Å². The normalized spacial score (nSPS) is 14.7. The van der Waals surface area contributed by atoms with Crippen LogP contribution >= 0.6 is 0 Å². The third kappa shape index (κ3) is 2.90. The monoisotopic (exact) mass is 267 g/mol. The van der Waals surface area contributed by atoms with Crippen molar-refractivity contribution in [2.75, 3.05) is 6.79 Å². The minimum atomic E-state index is -0.907. The van der Waals surface area contributed by atoms with Gasteiger partial charge in [0, 0.05) is 18.2 Å². The Hall–Kier alpha value is -1.95. The second kappa shape index (κ2) is 5.36. The molecule has 19 heavy (non-hydrogen) atoms. The van der Waals surface area contributed by atoms with Gasteiger partial charge in [0.05, 0.1) is 0 Å².